The summed E-state index contributed by atoms with van der Waals surface area (Å²) >= 11 is 0. The second-order valence-electron chi connectivity index (χ2n) is 3.35. The zero-order valence-electron chi connectivity index (χ0n) is 6.95. The van der Waals surface area contributed by atoms with Crippen molar-refractivity contribution in [1.82, 2.24) is 5.32 Å². The van der Waals surface area contributed by atoms with Gasteiger partial charge in [-0.1, -0.05) is 0 Å². The Morgan fingerprint density at radius 3 is 2.27 bits per heavy atom. The molecule has 11 heavy (non-hydrogen) atoms. The third-order valence-electron chi connectivity index (χ3n) is 2.27. The highest BCUT2D eigenvalue weighted by Crippen LogP contribution is 2.32. The van der Waals surface area contributed by atoms with Crippen LogP contribution in [0.3, 0.4) is 0 Å². The SMILES string of the molecule is CC(NC(CO)CO)C1CC1. The van der Waals surface area contributed by atoms with Gasteiger partial charge in [-0.3, -0.25) is 0 Å². The van der Waals surface area contributed by atoms with Gasteiger partial charge in [-0.25, -0.2) is 0 Å². The summed E-state index contributed by atoms with van der Waals surface area (Å²) in [7, 11) is 0. The molecular formula is C8H17NO2. The average molecular weight is 159 g/mol. The van der Waals surface area contributed by atoms with Crippen LogP contribution in [0.25, 0.3) is 0 Å². The Balaban J connectivity index is 2.15. The first-order valence-corrected chi connectivity index (χ1v) is 4.25. The summed E-state index contributed by atoms with van der Waals surface area (Å²) in [6.45, 7) is 2.15. The number of hydrogen-bond donors (Lipinski definition) is 3. The maximum atomic E-state index is 8.75. The van der Waals surface area contributed by atoms with Crippen molar-refractivity contribution in [3.8, 4) is 0 Å². The molecule has 1 aliphatic carbocycles. The second kappa shape index (κ2) is 4.04. The lowest BCUT2D eigenvalue weighted by Crippen LogP contribution is -2.42. The van der Waals surface area contributed by atoms with Gasteiger partial charge in [0.2, 0.25) is 0 Å². The van der Waals surface area contributed by atoms with Gasteiger partial charge in [0, 0.05) is 6.04 Å². The monoisotopic (exact) mass is 159 g/mol. The highest BCUT2D eigenvalue weighted by Gasteiger charge is 2.28. The maximum absolute atomic E-state index is 8.75. The predicted octanol–water partition coefficient (Wildman–Crippen LogP) is -0.272. The third kappa shape index (κ3) is 2.77. The van der Waals surface area contributed by atoms with Crippen LogP contribution >= 0.6 is 0 Å². The van der Waals surface area contributed by atoms with E-state index in [2.05, 4.69) is 12.2 Å². The van der Waals surface area contributed by atoms with Crippen LogP contribution in [0.1, 0.15) is 19.8 Å². The normalized spacial score (nSPS) is 20.7. The zero-order valence-corrected chi connectivity index (χ0v) is 6.95. The van der Waals surface area contributed by atoms with E-state index >= 15 is 0 Å². The molecule has 0 heterocycles. The zero-order chi connectivity index (χ0) is 8.27. The molecule has 3 nitrogen and oxygen atoms in total. The molecule has 0 aromatic carbocycles. The van der Waals surface area contributed by atoms with Crippen molar-refractivity contribution in [2.24, 2.45) is 5.92 Å². The Hall–Kier alpha value is -0.120. The lowest BCUT2D eigenvalue weighted by Gasteiger charge is -2.19. The molecule has 3 heteroatoms. The molecule has 0 bridgehead atoms. The molecule has 0 aromatic heterocycles. The van der Waals surface area contributed by atoms with Crippen molar-refractivity contribution >= 4 is 0 Å². The van der Waals surface area contributed by atoms with E-state index in [-0.39, 0.29) is 19.3 Å². The van der Waals surface area contributed by atoms with Crippen molar-refractivity contribution in [3.05, 3.63) is 0 Å². The summed E-state index contributed by atoms with van der Waals surface area (Å²) in [6, 6.07) is 0.310. The van der Waals surface area contributed by atoms with Crippen molar-refractivity contribution in [3.63, 3.8) is 0 Å². The molecule has 0 spiro atoms. The van der Waals surface area contributed by atoms with Crippen LogP contribution in [-0.2, 0) is 0 Å². The maximum Gasteiger partial charge on any atom is 0.0607 e. The number of rotatable bonds is 5. The van der Waals surface area contributed by atoms with Crippen LogP contribution in [-0.4, -0.2) is 35.5 Å². The van der Waals surface area contributed by atoms with Crippen LogP contribution in [0.4, 0.5) is 0 Å². The molecule has 1 aliphatic rings. The van der Waals surface area contributed by atoms with Crippen LogP contribution in [0.15, 0.2) is 0 Å². The summed E-state index contributed by atoms with van der Waals surface area (Å²) in [5.74, 6) is 0.774. The fraction of sp³-hybridized carbons (Fsp3) is 1.00. The number of aliphatic hydroxyl groups excluding tert-OH is 2. The minimum Gasteiger partial charge on any atom is -0.395 e. The highest BCUT2D eigenvalue weighted by atomic mass is 16.3. The van der Waals surface area contributed by atoms with E-state index < -0.39 is 0 Å². The van der Waals surface area contributed by atoms with Gasteiger partial charge in [-0.15, -0.1) is 0 Å². The summed E-state index contributed by atoms with van der Waals surface area (Å²) in [4.78, 5) is 0. The lowest BCUT2D eigenvalue weighted by molar-refractivity contribution is 0.161. The molecule has 1 unspecified atom stereocenters. The van der Waals surface area contributed by atoms with Gasteiger partial charge in [0.25, 0.3) is 0 Å². The quantitative estimate of drug-likeness (QED) is 0.517. The molecule has 1 atom stereocenters. The molecule has 1 fully saturated rings. The smallest absolute Gasteiger partial charge is 0.0607 e. The second-order valence-corrected chi connectivity index (χ2v) is 3.35. The van der Waals surface area contributed by atoms with Crippen LogP contribution < -0.4 is 5.32 Å². The van der Waals surface area contributed by atoms with E-state index in [1.807, 2.05) is 0 Å². The first-order chi connectivity index (χ1) is 5.27. The third-order valence-corrected chi connectivity index (χ3v) is 2.27. The van der Waals surface area contributed by atoms with Gasteiger partial charge in [0.15, 0.2) is 0 Å². The van der Waals surface area contributed by atoms with E-state index in [0.29, 0.717) is 6.04 Å². The van der Waals surface area contributed by atoms with E-state index in [1.165, 1.54) is 12.8 Å². The molecule has 0 saturated heterocycles. The Morgan fingerprint density at radius 2 is 1.91 bits per heavy atom. The molecule has 0 aromatic rings. The average Bonchev–Trinajstić information content (AvgIpc) is 2.81. The van der Waals surface area contributed by atoms with Gasteiger partial charge >= 0.3 is 0 Å². The van der Waals surface area contributed by atoms with Crippen molar-refractivity contribution in [2.75, 3.05) is 13.2 Å². The summed E-state index contributed by atoms with van der Waals surface area (Å²) in [6.07, 6.45) is 2.58. The first kappa shape index (κ1) is 8.97. The van der Waals surface area contributed by atoms with Gasteiger partial charge < -0.3 is 15.5 Å². The van der Waals surface area contributed by atoms with E-state index in [9.17, 15) is 0 Å². The molecule has 1 rings (SSSR count). The van der Waals surface area contributed by atoms with Gasteiger partial charge in [-0.2, -0.15) is 0 Å². The molecule has 3 N–H and O–H groups in total. The molecule has 1 saturated carbocycles. The lowest BCUT2D eigenvalue weighted by atomic mass is 10.2. The largest absolute Gasteiger partial charge is 0.395 e. The van der Waals surface area contributed by atoms with Gasteiger partial charge in [0.1, 0.15) is 0 Å². The van der Waals surface area contributed by atoms with E-state index in [0.717, 1.165) is 5.92 Å². The molecule has 0 radical (unpaired) electrons. The molecule has 0 amide bonds. The molecular weight excluding hydrogens is 142 g/mol. The number of hydrogen-bond acceptors (Lipinski definition) is 3. The van der Waals surface area contributed by atoms with Crippen LogP contribution in [0.2, 0.25) is 0 Å². The first-order valence-electron chi connectivity index (χ1n) is 4.25. The predicted molar refractivity (Wildman–Crippen MR) is 43.3 cm³/mol. The Labute approximate surface area is 67.4 Å². The Bertz CT molecular complexity index is 111. The standard InChI is InChI=1S/C8H17NO2/c1-6(7-2-3-7)9-8(4-10)5-11/h6-11H,2-5H2,1H3. The fourth-order valence-corrected chi connectivity index (χ4v) is 1.27. The fourth-order valence-electron chi connectivity index (χ4n) is 1.27. The molecule has 66 valence electrons. The van der Waals surface area contributed by atoms with Crippen molar-refractivity contribution in [1.29, 1.82) is 0 Å². The highest BCUT2D eigenvalue weighted by molar-refractivity contribution is 4.85. The Morgan fingerprint density at radius 1 is 1.36 bits per heavy atom. The number of nitrogens with one attached hydrogen (secondary N) is 1. The van der Waals surface area contributed by atoms with Crippen molar-refractivity contribution < 1.29 is 10.2 Å². The molecule has 0 aliphatic heterocycles. The summed E-state index contributed by atoms with van der Waals surface area (Å²) in [5, 5.41) is 20.7. The van der Waals surface area contributed by atoms with Crippen LogP contribution in [0, 0.1) is 5.92 Å². The van der Waals surface area contributed by atoms with E-state index in [1.54, 1.807) is 0 Å². The number of aliphatic hydroxyl groups is 2. The van der Waals surface area contributed by atoms with Crippen LogP contribution in [0.5, 0.6) is 0 Å². The van der Waals surface area contributed by atoms with Gasteiger partial charge in [-0.05, 0) is 25.7 Å². The minimum atomic E-state index is -0.134. The van der Waals surface area contributed by atoms with Crippen molar-refractivity contribution in [2.45, 2.75) is 31.8 Å². The topological polar surface area (TPSA) is 52.5 Å². The summed E-state index contributed by atoms with van der Waals surface area (Å²) < 4.78 is 0. The Kier molecular flexibility index (Phi) is 3.30. The summed E-state index contributed by atoms with van der Waals surface area (Å²) in [5.41, 5.74) is 0. The van der Waals surface area contributed by atoms with E-state index in [4.69, 9.17) is 10.2 Å². The van der Waals surface area contributed by atoms with Gasteiger partial charge in [0.05, 0.1) is 19.3 Å². The minimum absolute atomic E-state index is 0.0214.